The minimum atomic E-state index is -0.246. The second-order valence-electron chi connectivity index (χ2n) is 5.03. The predicted molar refractivity (Wildman–Crippen MR) is 81.2 cm³/mol. The Labute approximate surface area is 124 Å². The van der Waals surface area contributed by atoms with Crippen LogP contribution in [0.1, 0.15) is 19.8 Å². The number of hydrogen-bond acceptors (Lipinski definition) is 4. The SMILES string of the molecule is CCC(=O)Nc1cccc(NC(=O)C2CC(OC)CN2)c1. The summed E-state index contributed by atoms with van der Waals surface area (Å²) in [6.07, 6.45) is 1.16. The molecule has 1 aliphatic heterocycles. The molecule has 1 aliphatic rings. The molecule has 1 heterocycles. The molecule has 0 spiro atoms. The van der Waals surface area contributed by atoms with Gasteiger partial charge >= 0.3 is 0 Å². The fraction of sp³-hybridized carbons (Fsp3) is 0.467. The molecule has 0 bridgehead atoms. The highest BCUT2D eigenvalue weighted by molar-refractivity contribution is 5.96. The van der Waals surface area contributed by atoms with E-state index in [1.807, 2.05) is 0 Å². The summed E-state index contributed by atoms with van der Waals surface area (Å²) in [4.78, 5) is 23.5. The van der Waals surface area contributed by atoms with Crippen LogP contribution in [0.4, 0.5) is 11.4 Å². The minimum absolute atomic E-state index is 0.0566. The number of ether oxygens (including phenoxy) is 1. The Balaban J connectivity index is 1.95. The van der Waals surface area contributed by atoms with Crippen molar-refractivity contribution in [3.8, 4) is 0 Å². The maximum absolute atomic E-state index is 12.1. The molecule has 0 aromatic heterocycles. The number of carbonyl (C=O) groups excluding carboxylic acids is 2. The van der Waals surface area contributed by atoms with Crippen molar-refractivity contribution in [3.05, 3.63) is 24.3 Å². The third-order valence-corrected chi connectivity index (χ3v) is 3.48. The number of anilines is 2. The highest BCUT2D eigenvalue weighted by Gasteiger charge is 2.29. The van der Waals surface area contributed by atoms with Crippen molar-refractivity contribution < 1.29 is 14.3 Å². The van der Waals surface area contributed by atoms with Gasteiger partial charge in [-0.2, -0.15) is 0 Å². The predicted octanol–water partition coefficient (Wildman–Crippen LogP) is 1.35. The zero-order chi connectivity index (χ0) is 15.2. The van der Waals surface area contributed by atoms with Crippen LogP contribution in [0.15, 0.2) is 24.3 Å². The second-order valence-corrected chi connectivity index (χ2v) is 5.03. The summed E-state index contributed by atoms with van der Waals surface area (Å²) in [7, 11) is 1.65. The molecule has 6 heteroatoms. The average Bonchev–Trinajstić information content (AvgIpc) is 2.96. The van der Waals surface area contributed by atoms with Crippen LogP contribution in [0.25, 0.3) is 0 Å². The highest BCUT2D eigenvalue weighted by atomic mass is 16.5. The van der Waals surface area contributed by atoms with Gasteiger partial charge in [0.1, 0.15) is 0 Å². The van der Waals surface area contributed by atoms with E-state index in [2.05, 4.69) is 16.0 Å². The van der Waals surface area contributed by atoms with E-state index >= 15 is 0 Å². The van der Waals surface area contributed by atoms with Crippen molar-refractivity contribution >= 4 is 23.2 Å². The molecule has 2 rings (SSSR count). The van der Waals surface area contributed by atoms with Crippen LogP contribution < -0.4 is 16.0 Å². The van der Waals surface area contributed by atoms with Crippen molar-refractivity contribution in [2.24, 2.45) is 0 Å². The van der Waals surface area contributed by atoms with Gasteiger partial charge in [-0.15, -0.1) is 0 Å². The first-order valence-corrected chi connectivity index (χ1v) is 7.09. The lowest BCUT2D eigenvalue weighted by molar-refractivity contribution is -0.118. The lowest BCUT2D eigenvalue weighted by Gasteiger charge is -2.12. The Morgan fingerprint density at radius 1 is 1.33 bits per heavy atom. The molecule has 1 saturated heterocycles. The van der Waals surface area contributed by atoms with Gasteiger partial charge in [-0.25, -0.2) is 0 Å². The molecular formula is C15H21N3O3. The number of carbonyl (C=O) groups is 2. The Morgan fingerprint density at radius 2 is 2.05 bits per heavy atom. The summed E-state index contributed by atoms with van der Waals surface area (Å²) in [6.45, 7) is 2.47. The molecule has 6 nitrogen and oxygen atoms in total. The fourth-order valence-electron chi connectivity index (χ4n) is 2.24. The first-order chi connectivity index (χ1) is 10.1. The summed E-state index contributed by atoms with van der Waals surface area (Å²) in [5.74, 6) is -0.146. The molecule has 1 aromatic carbocycles. The van der Waals surface area contributed by atoms with Crippen molar-refractivity contribution in [2.45, 2.75) is 31.9 Å². The van der Waals surface area contributed by atoms with E-state index in [1.54, 1.807) is 38.3 Å². The second kappa shape index (κ2) is 7.19. The first-order valence-electron chi connectivity index (χ1n) is 7.09. The van der Waals surface area contributed by atoms with E-state index in [4.69, 9.17) is 4.74 Å². The number of nitrogens with one attached hydrogen (secondary N) is 3. The van der Waals surface area contributed by atoms with Gasteiger partial charge in [0, 0.05) is 31.5 Å². The Kier molecular flexibility index (Phi) is 5.30. The summed E-state index contributed by atoms with van der Waals surface area (Å²) >= 11 is 0. The van der Waals surface area contributed by atoms with E-state index in [0.717, 1.165) is 0 Å². The number of amides is 2. The zero-order valence-corrected chi connectivity index (χ0v) is 12.3. The molecule has 2 unspecified atom stereocenters. The van der Waals surface area contributed by atoms with Crippen LogP contribution in [0.3, 0.4) is 0 Å². The lowest BCUT2D eigenvalue weighted by atomic mass is 10.2. The molecule has 114 valence electrons. The molecule has 2 atom stereocenters. The van der Waals surface area contributed by atoms with Crippen molar-refractivity contribution in [1.82, 2.24) is 5.32 Å². The molecule has 1 aromatic rings. The topological polar surface area (TPSA) is 79.5 Å². The van der Waals surface area contributed by atoms with Crippen molar-refractivity contribution in [1.29, 1.82) is 0 Å². The van der Waals surface area contributed by atoms with Crippen LogP contribution in [0.5, 0.6) is 0 Å². The average molecular weight is 291 g/mol. The molecule has 0 radical (unpaired) electrons. The highest BCUT2D eigenvalue weighted by Crippen LogP contribution is 2.17. The maximum atomic E-state index is 12.1. The summed E-state index contributed by atoms with van der Waals surface area (Å²) in [5, 5.41) is 8.74. The van der Waals surface area contributed by atoms with Gasteiger partial charge in [0.2, 0.25) is 11.8 Å². The Hall–Kier alpha value is -1.92. The van der Waals surface area contributed by atoms with Gasteiger partial charge in [0.05, 0.1) is 12.1 Å². The summed E-state index contributed by atoms with van der Waals surface area (Å²) in [5.41, 5.74) is 1.34. The minimum Gasteiger partial charge on any atom is -0.380 e. The number of methoxy groups -OCH3 is 1. The third-order valence-electron chi connectivity index (χ3n) is 3.48. The first kappa shape index (κ1) is 15.5. The third kappa shape index (κ3) is 4.27. The van der Waals surface area contributed by atoms with Crippen molar-refractivity contribution in [3.63, 3.8) is 0 Å². The van der Waals surface area contributed by atoms with Gasteiger partial charge in [-0.3, -0.25) is 9.59 Å². The standard InChI is InChI=1S/C15H21N3O3/c1-3-14(19)17-10-5-4-6-11(7-10)18-15(20)13-8-12(21-2)9-16-13/h4-7,12-13,16H,3,8-9H2,1-2H3,(H,17,19)(H,18,20). The molecule has 3 N–H and O–H groups in total. The molecule has 21 heavy (non-hydrogen) atoms. The van der Waals surface area contributed by atoms with Crippen LogP contribution in [0, 0.1) is 0 Å². The molecule has 1 fully saturated rings. The van der Waals surface area contributed by atoms with Crippen LogP contribution >= 0.6 is 0 Å². The quantitative estimate of drug-likeness (QED) is 0.765. The summed E-state index contributed by atoms with van der Waals surface area (Å²) in [6, 6.07) is 6.87. The number of rotatable bonds is 5. The van der Waals surface area contributed by atoms with E-state index in [1.165, 1.54) is 0 Å². The smallest absolute Gasteiger partial charge is 0.241 e. The zero-order valence-electron chi connectivity index (χ0n) is 12.3. The number of hydrogen-bond donors (Lipinski definition) is 3. The van der Waals surface area contributed by atoms with Gasteiger partial charge in [0.25, 0.3) is 0 Å². The molecule has 0 saturated carbocycles. The van der Waals surface area contributed by atoms with Crippen LogP contribution in [0.2, 0.25) is 0 Å². The van der Waals surface area contributed by atoms with Crippen molar-refractivity contribution in [2.75, 3.05) is 24.3 Å². The van der Waals surface area contributed by atoms with E-state index in [-0.39, 0.29) is 24.0 Å². The van der Waals surface area contributed by atoms with Crippen LogP contribution in [-0.4, -0.2) is 37.6 Å². The normalized spacial score (nSPS) is 21.0. The van der Waals surface area contributed by atoms with Gasteiger partial charge in [-0.05, 0) is 24.6 Å². The van der Waals surface area contributed by atoms with E-state index < -0.39 is 0 Å². The molecule has 0 aliphatic carbocycles. The molecular weight excluding hydrogens is 270 g/mol. The summed E-state index contributed by atoms with van der Waals surface area (Å²) < 4.78 is 5.23. The molecule has 2 amide bonds. The monoisotopic (exact) mass is 291 g/mol. The van der Waals surface area contributed by atoms with Crippen LogP contribution in [-0.2, 0) is 14.3 Å². The Morgan fingerprint density at radius 3 is 2.67 bits per heavy atom. The largest absolute Gasteiger partial charge is 0.380 e. The lowest BCUT2D eigenvalue weighted by Crippen LogP contribution is -2.35. The van der Waals surface area contributed by atoms with Gasteiger partial charge < -0.3 is 20.7 Å². The van der Waals surface area contributed by atoms with Gasteiger partial charge in [-0.1, -0.05) is 13.0 Å². The van der Waals surface area contributed by atoms with Gasteiger partial charge in [0.15, 0.2) is 0 Å². The van der Waals surface area contributed by atoms with E-state index in [9.17, 15) is 9.59 Å². The number of benzene rings is 1. The van der Waals surface area contributed by atoms with E-state index in [0.29, 0.717) is 30.8 Å². The Bertz CT molecular complexity index is 519. The maximum Gasteiger partial charge on any atom is 0.241 e. The fourth-order valence-corrected chi connectivity index (χ4v) is 2.24.